The molecule has 0 radical (unpaired) electrons. The van der Waals surface area contributed by atoms with Gasteiger partial charge in [0.1, 0.15) is 5.69 Å². The molecule has 6 nitrogen and oxygen atoms in total. The molecule has 0 heterocycles. The van der Waals surface area contributed by atoms with E-state index >= 15 is 0 Å². The number of hydrogen-bond acceptors (Lipinski definition) is 4. The van der Waals surface area contributed by atoms with Crippen molar-refractivity contribution >= 4 is 39.9 Å². The maximum Gasteiger partial charge on any atom is 0.303 e. The first-order valence-electron chi connectivity index (χ1n) is 6.83. The summed E-state index contributed by atoms with van der Waals surface area (Å²) < 4.78 is 0.817. The monoisotopic (exact) mass is 406 g/mol. The molecule has 0 aliphatic rings. The number of hydrogen-bond donors (Lipinski definition) is 2. The molecule has 0 saturated heterocycles. The molecule has 0 saturated carbocycles. The summed E-state index contributed by atoms with van der Waals surface area (Å²) in [6.07, 6.45) is 2.52. The number of rotatable bonds is 9. The number of carboxylic acids is 1. The van der Waals surface area contributed by atoms with Gasteiger partial charge in [-0.3, -0.25) is 14.9 Å². The van der Waals surface area contributed by atoms with E-state index in [0.717, 1.165) is 16.4 Å². The molecule has 0 aromatic heterocycles. The number of carboxylic acid groups (broad SMARTS) is 1. The first-order chi connectivity index (χ1) is 9.93. The molecular formula is C14H19IN2O4. The van der Waals surface area contributed by atoms with Crippen molar-refractivity contribution in [1.29, 1.82) is 0 Å². The number of nitrogens with zero attached hydrogens (tertiary/aromatic N) is 1. The Morgan fingerprint density at radius 3 is 2.76 bits per heavy atom. The second-order valence-electron chi connectivity index (χ2n) is 4.84. The molecule has 1 unspecified atom stereocenters. The fourth-order valence-electron chi connectivity index (χ4n) is 2.10. The number of benzene rings is 1. The van der Waals surface area contributed by atoms with Crippen molar-refractivity contribution < 1.29 is 14.8 Å². The lowest BCUT2D eigenvalue weighted by atomic mass is 9.96. The van der Waals surface area contributed by atoms with E-state index in [1.54, 1.807) is 6.07 Å². The third-order valence-electron chi connectivity index (χ3n) is 3.37. The molecule has 2 N–H and O–H groups in total. The predicted octanol–water partition coefficient (Wildman–Crippen LogP) is 3.89. The maximum absolute atomic E-state index is 11.0. The van der Waals surface area contributed by atoms with E-state index in [1.807, 2.05) is 35.6 Å². The van der Waals surface area contributed by atoms with Crippen LogP contribution in [0.4, 0.5) is 11.4 Å². The van der Waals surface area contributed by atoms with Crippen LogP contribution in [0.15, 0.2) is 18.2 Å². The van der Waals surface area contributed by atoms with Crippen LogP contribution in [-0.2, 0) is 4.79 Å². The van der Waals surface area contributed by atoms with E-state index in [4.69, 9.17) is 5.11 Å². The Labute approximate surface area is 137 Å². The summed E-state index contributed by atoms with van der Waals surface area (Å²) in [6, 6.07) is 5.06. The number of nitro groups is 1. The van der Waals surface area contributed by atoms with Crippen LogP contribution in [0.25, 0.3) is 0 Å². The van der Waals surface area contributed by atoms with Gasteiger partial charge in [0.25, 0.3) is 5.69 Å². The third kappa shape index (κ3) is 6.28. The van der Waals surface area contributed by atoms with Gasteiger partial charge in [-0.25, -0.2) is 0 Å². The Morgan fingerprint density at radius 1 is 1.48 bits per heavy atom. The van der Waals surface area contributed by atoms with Gasteiger partial charge in [-0.05, 0) is 53.5 Å². The summed E-state index contributed by atoms with van der Waals surface area (Å²) in [5, 5.41) is 22.8. The molecule has 1 aromatic rings. The quantitative estimate of drug-likeness (QED) is 0.369. The highest BCUT2D eigenvalue weighted by molar-refractivity contribution is 14.1. The first-order valence-corrected chi connectivity index (χ1v) is 7.91. The minimum absolute atomic E-state index is 0.0699. The number of halogens is 1. The van der Waals surface area contributed by atoms with Crippen molar-refractivity contribution in [2.75, 3.05) is 11.9 Å². The Hall–Kier alpha value is -1.38. The molecule has 0 aliphatic carbocycles. The van der Waals surface area contributed by atoms with Crippen LogP contribution >= 0.6 is 22.6 Å². The van der Waals surface area contributed by atoms with Gasteiger partial charge in [0, 0.05) is 22.6 Å². The fourth-order valence-corrected chi connectivity index (χ4v) is 2.57. The van der Waals surface area contributed by atoms with Gasteiger partial charge in [0.2, 0.25) is 0 Å². The topological polar surface area (TPSA) is 92.5 Å². The van der Waals surface area contributed by atoms with Crippen molar-refractivity contribution in [3.05, 3.63) is 31.9 Å². The molecule has 0 bridgehead atoms. The zero-order valence-electron chi connectivity index (χ0n) is 11.8. The second kappa shape index (κ2) is 8.81. The Morgan fingerprint density at radius 2 is 2.19 bits per heavy atom. The summed E-state index contributed by atoms with van der Waals surface area (Å²) in [5.41, 5.74) is 0.578. The maximum atomic E-state index is 11.0. The van der Waals surface area contributed by atoms with Crippen LogP contribution in [0.3, 0.4) is 0 Å². The summed E-state index contributed by atoms with van der Waals surface area (Å²) in [6.45, 7) is 2.62. The summed E-state index contributed by atoms with van der Waals surface area (Å²) in [5.74, 6) is -0.466. The molecule has 21 heavy (non-hydrogen) atoms. The van der Waals surface area contributed by atoms with Gasteiger partial charge in [-0.1, -0.05) is 13.3 Å². The van der Waals surface area contributed by atoms with Gasteiger partial charge >= 0.3 is 5.97 Å². The summed E-state index contributed by atoms with van der Waals surface area (Å²) >= 11 is 2.04. The highest BCUT2D eigenvalue weighted by Crippen LogP contribution is 2.26. The van der Waals surface area contributed by atoms with Gasteiger partial charge in [0.05, 0.1) is 4.92 Å². The standard InChI is InChI=1S/C14H19IN2O4/c1-2-10(3-6-14(18)19)7-8-16-12-5-4-11(15)9-13(12)17(20)21/h4-5,9-10,16H,2-3,6-8H2,1H3,(H,18,19). The van der Waals surface area contributed by atoms with Crippen LogP contribution in [0.2, 0.25) is 0 Å². The highest BCUT2D eigenvalue weighted by Gasteiger charge is 2.14. The Kier molecular flexibility index (Phi) is 7.41. The molecule has 0 aliphatic heterocycles. The normalized spacial score (nSPS) is 11.9. The molecule has 0 amide bonds. The van der Waals surface area contributed by atoms with Gasteiger partial charge in [0.15, 0.2) is 0 Å². The molecular weight excluding hydrogens is 387 g/mol. The van der Waals surface area contributed by atoms with E-state index in [9.17, 15) is 14.9 Å². The lowest BCUT2D eigenvalue weighted by molar-refractivity contribution is -0.384. The second-order valence-corrected chi connectivity index (χ2v) is 6.09. The average Bonchev–Trinajstić information content (AvgIpc) is 2.43. The average molecular weight is 406 g/mol. The molecule has 116 valence electrons. The first kappa shape index (κ1) is 17.7. The zero-order valence-corrected chi connectivity index (χ0v) is 14.0. The SMILES string of the molecule is CCC(CCNc1ccc(I)cc1[N+](=O)[O-])CCC(=O)O. The van der Waals surface area contributed by atoms with Gasteiger partial charge in [-0.15, -0.1) is 0 Å². The number of nitrogens with one attached hydrogen (secondary N) is 1. The lowest BCUT2D eigenvalue weighted by Gasteiger charge is -2.14. The number of aliphatic carboxylic acids is 1. The molecule has 1 rings (SSSR count). The number of carbonyl (C=O) groups is 1. The lowest BCUT2D eigenvalue weighted by Crippen LogP contribution is -2.11. The largest absolute Gasteiger partial charge is 0.481 e. The van der Waals surface area contributed by atoms with E-state index < -0.39 is 10.9 Å². The van der Waals surface area contributed by atoms with E-state index in [-0.39, 0.29) is 12.1 Å². The highest BCUT2D eigenvalue weighted by atomic mass is 127. The summed E-state index contributed by atoms with van der Waals surface area (Å²) in [7, 11) is 0. The van der Waals surface area contributed by atoms with Gasteiger partial charge < -0.3 is 10.4 Å². The Balaban J connectivity index is 2.55. The van der Waals surface area contributed by atoms with Crippen LogP contribution in [-0.4, -0.2) is 22.5 Å². The minimum Gasteiger partial charge on any atom is -0.481 e. The van der Waals surface area contributed by atoms with Gasteiger partial charge in [-0.2, -0.15) is 0 Å². The van der Waals surface area contributed by atoms with E-state index in [0.29, 0.717) is 24.6 Å². The van der Waals surface area contributed by atoms with Crippen molar-refractivity contribution in [3.63, 3.8) is 0 Å². The number of anilines is 1. The molecule has 1 atom stereocenters. The van der Waals surface area contributed by atoms with Crippen molar-refractivity contribution in [2.45, 2.75) is 32.6 Å². The van der Waals surface area contributed by atoms with Crippen LogP contribution in [0, 0.1) is 19.6 Å². The smallest absolute Gasteiger partial charge is 0.303 e. The van der Waals surface area contributed by atoms with Crippen molar-refractivity contribution in [2.24, 2.45) is 5.92 Å². The summed E-state index contributed by atoms with van der Waals surface area (Å²) in [4.78, 5) is 21.2. The third-order valence-corrected chi connectivity index (χ3v) is 4.04. The van der Waals surface area contributed by atoms with Crippen molar-refractivity contribution in [1.82, 2.24) is 0 Å². The van der Waals surface area contributed by atoms with Crippen molar-refractivity contribution in [3.8, 4) is 0 Å². The van der Waals surface area contributed by atoms with Crippen LogP contribution in [0.1, 0.15) is 32.6 Å². The Bertz CT molecular complexity index is 508. The van der Waals surface area contributed by atoms with E-state index in [1.165, 1.54) is 6.07 Å². The molecule has 0 fully saturated rings. The molecule has 1 aromatic carbocycles. The van der Waals surface area contributed by atoms with Crippen LogP contribution < -0.4 is 5.32 Å². The number of nitro benzene ring substituents is 1. The van der Waals surface area contributed by atoms with E-state index in [2.05, 4.69) is 5.32 Å². The molecule has 0 spiro atoms. The minimum atomic E-state index is -0.783. The molecule has 7 heteroatoms. The zero-order chi connectivity index (χ0) is 15.8. The fraction of sp³-hybridized carbons (Fsp3) is 0.500. The van der Waals surface area contributed by atoms with Crippen LogP contribution in [0.5, 0.6) is 0 Å². The predicted molar refractivity (Wildman–Crippen MR) is 89.6 cm³/mol.